The lowest BCUT2D eigenvalue weighted by molar-refractivity contribution is -0.157. The van der Waals surface area contributed by atoms with Crippen LogP contribution in [0.1, 0.15) is 33.1 Å². The van der Waals surface area contributed by atoms with Crippen molar-refractivity contribution >= 4 is 5.97 Å². The van der Waals surface area contributed by atoms with Crippen LogP contribution < -0.4 is 0 Å². The lowest BCUT2D eigenvalue weighted by Crippen LogP contribution is -2.57. The predicted octanol–water partition coefficient (Wildman–Crippen LogP) is 1.60. The normalized spacial score (nSPS) is 22.0. The molecular weight excluding hydrogens is 206 g/mol. The molecule has 94 valence electrons. The summed E-state index contributed by atoms with van der Waals surface area (Å²) in [6, 6.07) is 0. The van der Waals surface area contributed by atoms with Crippen molar-refractivity contribution in [3.63, 3.8) is 0 Å². The molecular formula is C12H23NO3. The van der Waals surface area contributed by atoms with Crippen molar-refractivity contribution < 1.29 is 14.6 Å². The quantitative estimate of drug-likeness (QED) is 0.778. The smallest absolute Gasteiger partial charge is 0.324 e. The van der Waals surface area contributed by atoms with E-state index in [-0.39, 0.29) is 0 Å². The first-order valence-electron chi connectivity index (χ1n) is 6.05. The number of likely N-dealkylation sites (N-methyl/N-ethyl adjacent to an activating group) is 1. The van der Waals surface area contributed by atoms with Crippen LogP contribution in [0, 0.1) is 5.92 Å². The predicted molar refractivity (Wildman–Crippen MR) is 62.5 cm³/mol. The highest BCUT2D eigenvalue weighted by atomic mass is 16.5. The molecule has 1 fully saturated rings. The van der Waals surface area contributed by atoms with Crippen LogP contribution in [0.2, 0.25) is 0 Å². The van der Waals surface area contributed by atoms with Gasteiger partial charge < -0.3 is 9.84 Å². The summed E-state index contributed by atoms with van der Waals surface area (Å²) in [6.07, 6.45) is 2.26. The second-order valence-corrected chi connectivity index (χ2v) is 4.84. The van der Waals surface area contributed by atoms with Crippen molar-refractivity contribution in [1.29, 1.82) is 0 Å². The molecule has 0 spiro atoms. The van der Waals surface area contributed by atoms with Crippen molar-refractivity contribution in [1.82, 2.24) is 4.90 Å². The van der Waals surface area contributed by atoms with Gasteiger partial charge in [-0.3, -0.25) is 9.69 Å². The first-order chi connectivity index (χ1) is 7.53. The highest BCUT2D eigenvalue weighted by molar-refractivity contribution is 5.78. The molecule has 1 unspecified atom stereocenters. The summed E-state index contributed by atoms with van der Waals surface area (Å²) in [5.74, 6) is -0.175. The fourth-order valence-corrected chi connectivity index (χ4v) is 2.24. The highest BCUT2D eigenvalue weighted by Gasteiger charge is 2.43. The van der Waals surface area contributed by atoms with E-state index in [0.29, 0.717) is 32.0 Å². The number of nitrogens with zero attached hydrogens (tertiary/aromatic N) is 1. The van der Waals surface area contributed by atoms with Gasteiger partial charge in [0.1, 0.15) is 5.54 Å². The minimum absolute atomic E-state index is 0.532. The van der Waals surface area contributed by atoms with Crippen LogP contribution >= 0.6 is 0 Å². The molecule has 1 aliphatic rings. The molecule has 1 atom stereocenters. The van der Waals surface area contributed by atoms with E-state index in [2.05, 4.69) is 13.8 Å². The van der Waals surface area contributed by atoms with Crippen molar-refractivity contribution in [2.45, 2.75) is 38.6 Å². The third-order valence-electron chi connectivity index (χ3n) is 3.73. The van der Waals surface area contributed by atoms with Gasteiger partial charge in [0.05, 0.1) is 0 Å². The first kappa shape index (κ1) is 13.5. The van der Waals surface area contributed by atoms with Gasteiger partial charge in [0, 0.05) is 19.8 Å². The zero-order valence-corrected chi connectivity index (χ0v) is 10.5. The molecule has 0 aromatic heterocycles. The molecule has 4 nitrogen and oxygen atoms in total. The maximum absolute atomic E-state index is 11.5. The van der Waals surface area contributed by atoms with Gasteiger partial charge in [-0.2, -0.15) is 0 Å². The number of ether oxygens (including phenoxy) is 1. The second-order valence-electron chi connectivity index (χ2n) is 4.84. The van der Waals surface area contributed by atoms with Crippen LogP contribution in [0.15, 0.2) is 0 Å². The van der Waals surface area contributed by atoms with Crippen molar-refractivity contribution in [2.75, 3.05) is 26.8 Å². The summed E-state index contributed by atoms with van der Waals surface area (Å²) in [7, 11) is 1.92. The maximum atomic E-state index is 11.5. The Balaban J connectivity index is 2.72. The van der Waals surface area contributed by atoms with Gasteiger partial charge >= 0.3 is 5.97 Å². The summed E-state index contributed by atoms with van der Waals surface area (Å²) in [4.78, 5) is 13.5. The lowest BCUT2D eigenvalue weighted by atomic mass is 9.87. The zero-order chi connectivity index (χ0) is 12.2. The summed E-state index contributed by atoms with van der Waals surface area (Å²) in [5, 5.41) is 9.45. The molecule has 1 rings (SSSR count). The van der Waals surface area contributed by atoms with Gasteiger partial charge in [0.25, 0.3) is 0 Å². The number of aliphatic carboxylic acids is 1. The first-order valence-corrected chi connectivity index (χ1v) is 6.05. The molecule has 0 saturated carbocycles. The number of carboxylic acids is 1. The third-order valence-corrected chi connectivity index (χ3v) is 3.73. The van der Waals surface area contributed by atoms with Gasteiger partial charge in [0.2, 0.25) is 0 Å². The van der Waals surface area contributed by atoms with E-state index in [9.17, 15) is 9.90 Å². The molecule has 0 aliphatic carbocycles. The minimum Gasteiger partial charge on any atom is -0.480 e. The van der Waals surface area contributed by atoms with Crippen LogP contribution in [-0.4, -0.2) is 48.3 Å². The summed E-state index contributed by atoms with van der Waals surface area (Å²) < 4.78 is 5.27. The Morgan fingerprint density at radius 3 is 2.50 bits per heavy atom. The molecule has 1 saturated heterocycles. The Hall–Kier alpha value is -0.610. The van der Waals surface area contributed by atoms with Gasteiger partial charge in [-0.15, -0.1) is 0 Å². The van der Waals surface area contributed by atoms with E-state index >= 15 is 0 Å². The SMILES string of the molecule is CCC(C)CN(C)C1(C(=O)O)CCOCC1. The Labute approximate surface area is 97.6 Å². The van der Waals surface area contributed by atoms with Crippen LogP contribution in [-0.2, 0) is 9.53 Å². The topological polar surface area (TPSA) is 49.8 Å². The fraction of sp³-hybridized carbons (Fsp3) is 0.917. The molecule has 0 amide bonds. The van der Waals surface area contributed by atoms with E-state index in [1.165, 1.54) is 0 Å². The number of hydrogen-bond acceptors (Lipinski definition) is 3. The summed E-state index contributed by atoms with van der Waals surface area (Å²) >= 11 is 0. The van der Waals surface area contributed by atoms with Crippen LogP contribution in [0.5, 0.6) is 0 Å². The average molecular weight is 229 g/mol. The van der Waals surface area contributed by atoms with Crippen molar-refractivity contribution in [3.8, 4) is 0 Å². The molecule has 1 N–H and O–H groups in total. The van der Waals surface area contributed by atoms with Crippen LogP contribution in [0.4, 0.5) is 0 Å². The van der Waals surface area contributed by atoms with E-state index in [4.69, 9.17) is 4.74 Å². The monoisotopic (exact) mass is 229 g/mol. The summed E-state index contributed by atoms with van der Waals surface area (Å²) in [5.41, 5.74) is -0.707. The zero-order valence-electron chi connectivity index (χ0n) is 10.5. The second kappa shape index (κ2) is 5.64. The largest absolute Gasteiger partial charge is 0.480 e. The van der Waals surface area contributed by atoms with E-state index in [1.807, 2.05) is 11.9 Å². The number of rotatable bonds is 5. The van der Waals surface area contributed by atoms with Gasteiger partial charge in [-0.1, -0.05) is 20.3 Å². The maximum Gasteiger partial charge on any atom is 0.324 e. The Bertz CT molecular complexity index is 236. The van der Waals surface area contributed by atoms with Gasteiger partial charge in [0.15, 0.2) is 0 Å². The molecule has 1 heterocycles. The number of hydrogen-bond donors (Lipinski definition) is 1. The molecule has 0 aromatic rings. The average Bonchev–Trinajstić information content (AvgIpc) is 2.29. The highest BCUT2D eigenvalue weighted by Crippen LogP contribution is 2.28. The minimum atomic E-state index is -0.707. The lowest BCUT2D eigenvalue weighted by Gasteiger charge is -2.41. The van der Waals surface area contributed by atoms with Crippen molar-refractivity contribution in [3.05, 3.63) is 0 Å². The standard InChI is InChI=1S/C12H23NO3/c1-4-10(2)9-13(3)12(11(14)15)5-7-16-8-6-12/h10H,4-9H2,1-3H3,(H,14,15). The number of carboxylic acid groups (broad SMARTS) is 1. The van der Waals surface area contributed by atoms with E-state index in [0.717, 1.165) is 13.0 Å². The Kier molecular flexibility index (Phi) is 4.74. The Morgan fingerprint density at radius 2 is 2.06 bits per heavy atom. The van der Waals surface area contributed by atoms with Gasteiger partial charge in [-0.25, -0.2) is 0 Å². The number of carbonyl (C=O) groups is 1. The van der Waals surface area contributed by atoms with Gasteiger partial charge in [-0.05, 0) is 25.8 Å². The van der Waals surface area contributed by atoms with E-state index in [1.54, 1.807) is 0 Å². The molecule has 4 heteroatoms. The molecule has 0 radical (unpaired) electrons. The molecule has 16 heavy (non-hydrogen) atoms. The molecule has 0 aromatic carbocycles. The van der Waals surface area contributed by atoms with Crippen LogP contribution in [0.3, 0.4) is 0 Å². The van der Waals surface area contributed by atoms with E-state index < -0.39 is 11.5 Å². The van der Waals surface area contributed by atoms with Crippen LogP contribution in [0.25, 0.3) is 0 Å². The summed E-state index contributed by atoms with van der Waals surface area (Å²) in [6.45, 7) is 6.23. The Morgan fingerprint density at radius 1 is 1.50 bits per heavy atom. The van der Waals surface area contributed by atoms with Crippen molar-refractivity contribution in [2.24, 2.45) is 5.92 Å². The third kappa shape index (κ3) is 2.74. The molecule has 0 bridgehead atoms. The fourth-order valence-electron chi connectivity index (χ4n) is 2.24. The molecule has 1 aliphatic heterocycles.